The lowest BCUT2D eigenvalue weighted by atomic mass is 9.95. The summed E-state index contributed by atoms with van der Waals surface area (Å²) in [4.78, 5) is 2.07. The molecule has 4 aromatic rings. The van der Waals surface area contributed by atoms with Crippen LogP contribution < -0.4 is 4.90 Å². The van der Waals surface area contributed by atoms with Crippen molar-refractivity contribution in [1.29, 1.82) is 0 Å². The van der Waals surface area contributed by atoms with Crippen LogP contribution in [0.2, 0.25) is 0 Å². The lowest BCUT2D eigenvalue weighted by Gasteiger charge is -2.14. The highest BCUT2D eigenvalue weighted by Crippen LogP contribution is 2.35. The Morgan fingerprint density at radius 3 is 2.29 bits per heavy atom. The van der Waals surface area contributed by atoms with E-state index in [1.165, 1.54) is 0 Å². The number of rotatable bonds is 4. The number of phenolic OH excluding ortho intramolecular Hbond substituents is 1. The average Bonchev–Trinajstić information content (AvgIpc) is 2.73. The average molecular weight is 368 g/mol. The van der Waals surface area contributed by atoms with Gasteiger partial charge in [-0.3, -0.25) is 0 Å². The molecule has 0 aliphatic heterocycles. The van der Waals surface area contributed by atoms with E-state index >= 15 is 0 Å². The largest absolute Gasteiger partial charge is 0.508 e. The van der Waals surface area contributed by atoms with E-state index in [0.717, 1.165) is 39.1 Å². The van der Waals surface area contributed by atoms with Crippen molar-refractivity contribution in [3.63, 3.8) is 0 Å². The molecule has 3 aromatic carbocycles. The first-order valence-corrected chi connectivity index (χ1v) is 9.15. The second kappa shape index (κ2) is 7.20. The van der Waals surface area contributed by atoms with Gasteiger partial charge in [0.15, 0.2) is 0 Å². The quantitative estimate of drug-likeness (QED) is 0.435. The molecule has 0 saturated carbocycles. The fourth-order valence-corrected chi connectivity index (χ4v) is 3.29. The van der Waals surface area contributed by atoms with Gasteiger partial charge in [-0.25, -0.2) is 4.42 Å². The van der Waals surface area contributed by atoms with Crippen LogP contribution in [-0.4, -0.2) is 19.2 Å². The normalized spacial score (nSPS) is 10.8. The molecule has 0 bridgehead atoms. The van der Waals surface area contributed by atoms with Gasteiger partial charge in [-0.1, -0.05) is 36.9 Å². The highest BCUT2D eigenvalue weighted by Gasteiger charge is 2.21. The van der Waals surface area contributed by atoms with E-state index in [1.54, 1.807) is 12.1 Å². The van der Waals surface area contributed by atoms with Crippen LogP contribution in [0.15, 0.2) is 89.9 Å². The molecule has 0 atom stereocenters. The molecule has 0 fully saturated rings. The van der Waals surface area contributed by atoms with Gasteiger partial charge in [-0.15, -0.1) is 0 Å². The van der Waals surface area contributed by atoms with Crippen LogP contribution in [0.4, 0.5) is 5.69 Å². The molecular formula is C25H22NO2+. The van der Waals surface area contributed by atoms with Gasteiger partial charge in [0.25, 0.3) is 0 Å². The van der Waals surface area contributed by atoms with Gasteiger partial charge in [0.1, 0.15) is 5.75 Å². The van der Waals surface area contributed by atoms with Crippen LogP contribution in [-0.2, 0) is 0 Å². The highest BCUT2D eigenvalue weighted by atomic mass is 16.3. The number of hydrogen-bond acceptors (Lipinski definition) is 2. The summed E-state index contributed by atoms with van der Waals surface area (Å²) >= 11 is 0. The van der Waals surface area contributed by atoms with Gasteiger partial charge in [0.05, 0.1) is 23.1 Å². The number of anilines is 1. The molecule has 138 valence electrons. The van der Waals surface area contributed by atoms with Gasteiger partial charge in [0.2, 0.25) is 0 Å². The maximum atomic E-state index is 9.93. The van der Waals surface area contributed by atoms with Gasteiger partial charge in [-0.2, -0.15) is 0 Å². The van der Waals surface area contributed by atoms with Crippen molar-refractivity contribution in [2.75, 3.05) is 19.0 Å². The van der Waals surface area contributed by atoms with E-state index in [1.807, 2.05) is 56.6 Å². The number of benzene rings is 3. The van der Waals surface area contributed by atoms with Crippen molar-refractivity contribution >= 4 is 22.2 Å². The summed E-state index contributed by atoms with van der Waals surface area (Å²) in [6, 6.07) is 25.5. The molecule has 1 heterocycles. The van der Waals surface area contributed by atoms with Gasteiger partial charge in [0, 0.05) is 25.3 Å². The Bertz CT molecular complexity index is 1150. The number of aromatic hydroxyl groups is 1. The van der Waals surface area contributed by atoms with Crippen molar-refractivity contribution in [3.05, 3.63) is 96.6 Å². The van der Waals surface area contributed by atoms with Crippen molar-refractivity contribution in [2.24, 2.45) is 0 Å². The molecule has 0 unspecified atom stereocenters. The van der Waals surface area contributed by atoms with Crippen LogP contribution in [0.1, 0.15) is 11.1 Å². The molecule has 0 aliphatic carbocycles. The van der Waals surface area contributed by atoms with Crippen molar-refractivity contribution in [2.45, 2.75) is 0 Å². The summed E-state index contributed by atoms with van der Waals surface area (Å²) in [5.41, 5.74) is 5.68. The highest BCUT2D eigenvalue weighted by molar-refractivity contribution is 5.96. The van der Waals surface area contributed by atoms with Crippen LogP contribution in [0, 0.1) is 0 Å². The lowest BCUT2D eigenvalue weighted by Crippen LogP contribution is -2.08. The zero-order chi connectivity index (χ0) is 19.7. The lowest BCUT2D eigenvalue weighted by molar-refractivity contribution is 0.474. The van der Waals surface area contributed by atoms with Crippen LogP contribution in [0.3, 0.4) is 0 Å². The molecule has 1 N–H and O–H groups in total. The molecule has 3 nitrogen and oxygen atoms in total. The minimum Gasteiger partial charge on any atom is -0.508 e. The molecule has 0 radical (unpaired) electrons. The SMILES string of the molecule is C=C(c1ccc(N(C)C)cc1)c1cc(-c2ccccc2)[o+]c2cc(O)ccc12. The second-order valence-electron chi connectivity index (χ2n) is 6.99. The number of phenols is 1. The topological polar surface area (TPSA) is 34.8 Å². The number of fused-ring (bicyclic) bond motifs is 1. The Morgan fingerprint density at radius 1 is 0.893 bits per heavy atom. The van der Waals surface area contributed by atoms with E-state index in [9.17, 15) is 5.11 Å². The second-order valence-corrected chi connectivity index (χ2v) is 6.99. The standard InChI is InChI=1S/C25H21NO2/c1-17(18-9-11-20(12-10-18)26(2)3)23-16-24(19-7-5-4-6-8-19)28-25-15-21(27)13-14-22(23)25/h4-16H,1H2,2-3H3/p+1. The molecule has 0 spiro atoms. The van der Waals surface area contributed by atoms with E-state index in [0.29, 0.717) is 5.58 Å². The van der Waals surface area contributed by atoms with Gasteiger partial charge < -0.3 is 10.0 Å². The number of nitrogens with zero attached hydrogens (tertiary/aromatic N) is 1. The van der Waals surface area contributed by atoms with Crippen LogP contribution in [0.5, 0.6) is 5.75 Å². The third kappa shape index (κ3) is 3.35. The van der Waals surface area contributed by atoms with Gasteiger partial charge in [-0.05, 0) is 47.5 Å². The van der Waals surface area contributed by atoms with E-state index in [4.69, 9.17) is 4.42 Å². The third-order valence-electron chi connectivity index (χ3n) is 4.87. The number of hydrogen-bond donors (Lipinski definition) is 1. The molecule has 1 aromatic heterocycles. The van der Waals surface area contributed by atoms with Gasteiger partial charge >= 0.3 is 11.3 Å². The summed E-state index contributed by atoms with van der Waals surface area (Å²) < 4.78 is 6.10. The molecule has 3 heteroatoms. The monoisotopic (exact) mass is 368 g/mol. The molecule has 0 aliphatic rings. The smallest absolute Gasteiger partial charge is 0.365 e. The summed E-state index contributed by atoms with van der Waals surface area (Å²) in [6.45, 7) is 4.36. The fourth-order valence-electron chi connectivity index (χ4n) is 3.29. The molecule has 28 heavy (non-hydrogen) atoms. The first kappa shape index (κ1) is 17.8. The summed E-state index contributed by atoms with van der Waals surface area (Å²) in [5, 5.41) is 10.8. The first-order chi connectivity index (χ1) is 13.5. The van der Waals surface area contributed by atoms with Crippen molar-refractivity contribution < 1.29 is 9.52 Å². The third-order valence-corrected chi connectivity index (χ3v) is 4.87. The van der Waals surface area contributed by atoms with Crippen molar-refractivity contribution in [3.8, 4) is 17.1 Å². The summed E-state index contributed by atoms with van der Waals surface area (Å²) in [6.07, 6.45) is 0. The Kier molecular flexibility index (Phi) is 4.58. The minimum atomic E-state index is 0.174. The summed E-state index contributed by atoms with van der Waals surface area (Å²) in [5.74, 6) is 0.910. The minimum absolute atomic E-state index is 0.174. The van der Waals surface area contributed by atoms with Crippen LogP contribution >= 0.6 is 0 Å². The maximum absolute atomic E-state index is 9.93. The zero-order valence-corrected chi connectivity index (χ0v) is 16.0. The Morgan fingerprint density at radius 2 is 1.61 bits per heavy atom. The Labute approximate surface area is 164 Å². The van der Waals surface area contributed by atoms with E-state index < -0.39 is 0 Å². The molecule has 0 saturated heterocycles. The molecular weight excluding hydrogens is 346 g/mol. The Hall–Kier alpha value is -3.59. The van der Waals surface area contributed by atoms with Crippen molar-refractivity contribution in [1.82, 2.24) is 0 Å². The van der Waals surface area contributed by atoms with E-state index in [2.05, 4.69) is 35.7 Å². The maximum Gasteiger partial charge on any atom is 0.365 e. The summed E-state index contributed by atoms with van der Waals surface area (Å²) in [7, 11) is 4.04. The molecule has 4 rings (SSSR count). The predicted octanol–water partition coefficient (Wildman–Crippen LogP) is 6.21. The first-order valence-electron chi connectivity index (χ1n) is 9.15. The van der Waals surface area contributed by atoms with Crippen LogP contribution in [0.25, 0.3) is 27.9 Å². The molecule has 0 amide bonds. The predicted molar refractivity (Wildman–Crippen MR) is 117 cm³/mol. The zero-order valence-electron chi connectivity index (χ0n) is 16.0. The Balaban J connectivity index is 1.88. The van der Waals surface area contributed by atoms with E-state index in [-0.39, 0.29) is 5.75 Å². The fraction of sp³-hybridized carbons (Fsp3) is 0.0800.